The fraction of sp³-hybridized carbons (Fsp3) is 0.571. The van der Waals surface area contributed by atoms with Crippen molar-refractivity contribution >= 4 is 5.97 Å². The summed E-state index contributed by atoms with van der Waals surface area (Å²) >= 11 is 0. The third-order valence-electron chi connectivity index (χ3n) is 4.30. The minimum absolute atomic E-state index is 0.306. The first-order chi connectivity index (χ1) is 13.5. The van der Waals surface area contributed by atoms with Gasteiger partial charge in [0.25, 0.3) is 0 Å². The average molecular weight is 389 g/mol. The minimum atomic E-state index is -0.870. The largest absolute Gasteiger partial charge is 0.492 e. The molecule has 2 rings (SSSR count). The molecule has 28 heavy (non-hydrogen) atoms. The first kappa shape index (κ1) is 21.9. The van der Waals surface area contributed by atoms with Gasteiger partial charge in [-0.25, -0.2) is 4.79 Å². The molecule has 0 atom stereocenters. The van der Waals surface area contributed by atoms with Crippen molar-refractivity contribution in [2.24, 2.45) is 0 Å². The predicted molar refractivity (Wildman–Crippen MR) is 107 cm³/mol. The van der Waals surface area contributed by atoms with Gasteiger partial charge in [-0.05, 0) is 51.8 Å². The molecular formula is C21H31N3O4. The molecule has 7 nitrogen and oxygen atoms in total. The molecule has 0 amide bonds. The normalized spacial score (nSPS) is 11.4. The lowest BCUT2D eigenvalue weighted by molar-refractivity contribution is -0.167. The molecule has 7 heteroatoms. The zero-order chi connectivity index (χ0) is 20.2. The van der Waals surface area contributed by atoms with Gasteiger partial charge in [-0.2, -0.15) is 5.10 Å². The van der Waals surface area contributed by atoms with Gasteiger partial charge in [-0.3, -0.25) is 10.1 Å². The van der Waals surface area contributed by atoms with E-state index >= 15 is 0 Å². The lowest BCUT2D eigenvalue weighted by atomic mass is 10.1. The number of hydrogen-bond donors (Lipinski definition) is 1. The van der Waals surface area contributed by atoms with Gasteiger partial charge in [0.2, 0.25) is 0 Å². The molecule has 0 saturated carbocycles. The zero-order valence-corrected chi connectivity index (χ0v) is 17.1. The van der Waals surface area contributed by atoms with Crippen molar-refractivity contribution in [3.8, 4) is 17.1 Å². The molecule has 0 aliphatic rings. The van der Waals surface area contributed by atoms with Crippen molar-refractivity contribution in [2.45, 2.75) is 58.5 Å². The van der Waals surface area contributed by atoms with Crippen LogP contribution in [0.25, 0.3) is 11.4 Å². The Morgan fingerprint density at radius 1 is 1.07 bits per heavy atom. The molecule has 0 fully saturated rings. The van der Waals surface area contributed by atoms with Gasteiger partial charge in [0.05, 0.1) is 30.8 Å². The van der Waals surface area contributed by atoms with E-state index in [1.807, 2.05) is 18.2 Å². The van der Waals surface area contributed by atoms with E-state index < -0.39 is 5.60 Å². The van der Waals surface area contributed by atoms with Gasteiger partial charge >= 0.3 is 5.97 Å². The number of aromatic nitrogens is 3. The highest BCUT2D eigenvalue weighted by molar-refractivity contribution is 5.78. The fourth-order valence-electron chi connectivity index (χ4n) is 2.64. The second-order valence-corrected chi connectivity index (χ2v) is 7.04. The molecule has 0 aliphatic heterocycles. The van der Waals surface area contributed by atoms with Crippen LogP contribution in [0, 0.1) is 0 Å². The van der Waals surface area contributed by atoms with Crippen LogP contribution in [0.4, 0.5) is 0 Å². The highest BCUT2D eigenvalue weighted by Crippen LogP contribution is 2.17. The van der Waals surface area contributed by atoms with Gasteiger partial charge in [0, 0.05) is 12.8 Å². The van der Waals surface area contributed by atoms with Gasteiger partial charge < -0.3 is 14.2 Å². The summed E-state index contributed by atoms with van der Waals surface area (Å²) in [5, 5.41) is 6.81. The average Bonchev–Trinajstić information content (AvgIpc) is 3.22. The molecule has 1 N–H and O–H groups in total. The van der Waals surface area contributed by atoms with Crippen LogP contribution in [0.3, 0.4) is 0 Å². The predicted octanol–water partition coefficient (Wildman–Crippen LogP) is 4.16. The summed E-state index contributed by atoms with van der Waals surface area (Å²) in [6, 6.07) is 5.72. The van der Waals surface area contributed by atoms with Crippen molar-refractivity contribution in [2.75, 3.05) is 19.8 Å². The Bertz CT molecular complexity index is 684. The molecule has 0 spiro atoms. The highest BCUT2D eigenvalue weighted by atomic mass is 16.6. The van der Waals surface area contributed by atoms with Crippen molar-refractivity contribution in [3.05, 3.63) is 30.6 Å². The van der Waals surface area contributed by atoms with E-state index in [2.05, 4.69) is 15.2 Å². The molecule has 0 bridgehead atoms. The van der Waals surface area contributed by atoms with Gasteiger partial charge in [-0.1, -0.05) is 19.3 Å². The van der Waals surface area contributed by atoms with E-state index in [1.165, 1.54) is 0 Å². The number of H-pyrrole nitrogens is 1. The van der Waals surface area contributed by atoms with Gasteiger partial charge in [0.15, 0.2) is 5.60 Å². The number of pyridine rings is 1. The first-order valence-corrected chi connectivity index (χ1v) is 9.92. The summed E-state index contributed by atoms with van der Waals surface area (Å²) in [5.41, 5.74) is 0.865. The van der Waals surface area contributed by atoms with Crippen molar-refractivity contribution in [1.29, 1.82) is 0 Å². The number of rotatable bonds is 13. The van der Waals surface area contributed by atoms with Crippen LogP contribution in [0.15, 0.2) is 30.6 Å². The van der Waals surface area contributed by atoms with Crippen LogP contribution in [-0.2, 0) is 14.3 Å². The van der Waals surface area contributed by atoms with Gasteiger partial charge in [-0.15, -0.1) is 0 Å². The van der Waals surface area contributed by atoms with E-state index in [4.69, 9.17) is 14.2 Å². The first-order valence-electron chi connectivity index (χ1n) is 9.92. The molecule has 2 heterocycles. The van der Waals surface area contributed by atoms with Crippen molar-refractivity contribution in [1.82, 2.24) is 15.2 Å². The van der Waals surface area contributed by atoms with Crippen LogP contribution < -0.4 is 4.74 Å². The van der Waals surface area contributed by atoms with E-state index in [0.717, 1.165) is 49.2 Å². The fourth-order valence-corrected chi connectivity index (χ4v) is 2.64. The Labute approximate surface area is 166 Å². The van der Waals surface area contributed by atoms with E-state index in [-0.39, 0.29) is 5.97 Å². The molecule has 2 aromatic heterocycles. The lowest BCUT2D eigenvalue weighted by Gasteiger charge is -2.22. The maximum Gasteiger partial charge on any atom is 0.337 e. The number of nitrogens with zero attached hydrogens (tertiary/aromatic N) is 2. The summed E-state index contributed by atoms with van der Waals surface area (Å²) in [5.74, 6) is 0.470. The number of aromatic amines is 1. The second-order valence-electron chi connectivity index (χ2n) is 7.04. The number of ether oxygens (including phenoxy) is 3. The van der Waals surface area contributed by atoms with E-state index in [0.29, 0.717) is 19.8 Å². The lowest BCUT2D eigenvalue weighted by Crippen LogP contribution is -2.37. The number of unbranched alkanes of at least 4 members (excludes halogenated alkanes) is 4. The summed E-state index contributed by atoms with van der Waals surface area (Å²) in [7, 11) is 0. The Hall–Kier alpha value is -2.41. The summed E-state index contributed by atoms with van der Waals surface area (Å²) in [6.45, 7) is 6.91. The minimum Gasteiger partial charge on any atom is -0.492 e. The number of carbonyl (C=O) groups excluding carboxylic acids is 1. The molecule has 0 aliphatic carbocycles. The molecular weight excluding hydrogens is 358 g/mol. The maximum absolute atomic E-state index is 11.7. The number of carbonyl (C=O) groups is 1. The Balaban J connectivity index is 1.50. The molecule has 2 aromatic rings. The molecule has 0 saturated heterocycles. The van der Waals surface area contributed by atoms with Crippen LogP contribution >= 0.6 is 0 Å². The monoisotopic (exact) mass is 389 g/mol. The second kappa shape index (κ2) is 11.4. The molecule has 0 radical (unpaired) electrons. The third-order valence-corrected chi connectivity index (χ3v) is 4.30. The van der Waals surface area contributed by atoms with E-state index in [9.17, 15) is 4.79 Å². The zero-order valence-electron chi connectivity index (χ0n) is 17.1. The molecule has 0 unspecified atom stereocenters. The van der Waals surface area contributed by atoms with Crippen LogP contribution in [0.2, 0.25) is 0 Å². The topological polar surface area (TPSA) is 86.3 Å². The third kappa shape index (κ3) is 7.31. The maximum atomic E-state index is 11.7. The Morgan fingerprint density at radius 2 is 1.82 bits per heavy atom. The number of esters is 1. The van der Waals surface area contributed by atoms with Crippen LogP contribution in [0.1, 0.15) is 52.9 Å². The van der Waals surface area contributed by atoms with Gasteiger partial charge in [0.1, 0.15) is 5.75 Å². The number of hydrogen-bond acceptors (Lipinski definition) is 6. The van der Waals surface area contributed by atoms with Crippen molar-refractivity contribution < 1.29 is 19.0 Å². The molecule has 154 valence electrons. The Kier molecular flexibility index (Phi) is 8.94. The quantitative estimate of drug-likeness (QED) is 0.409. The van der Waals surface area contributed by atoms with Crippen LogP contribution in [-0.4, -0.2) is 46.6 Å². The van der Waals surface area contributed by atoms with Crippen molar-refractivity contribution in [3.63, 3.8) is 0 Å². The smallest absolute Gasteiger partial charge is 0.337 e. The molecule has 0 aromatic carbocycles. The van der Waals surface area contributed by atoms with Crippen LogP contribution in [0.5, 0.6) is 5.75 Å². The van der Waals surface area contributed by atoms with E-state index in [1.54, 1.807) is 33.2 Å². The standard InChI is InChI=1S/C21H31N3O4/c1-4-26-20(25)21(2,3)28-15-9-7-5-6-8-14-27-17-10-11-18(22-16-17)19-12-13-23-24-19/h10-13,16H,4-9,14-15H2,1-3H3,(H,23,24). The highest BCUT2D eigenvalue weighted by Gasteiger charge is 2.29. The number of nitrogens with one attached hydrogen (secondary N) is 1. The summed E-state index contributed by atoms with van der Waals surface area (Å²) in [4.78, 5) is 16.1. The SMILES string of the molecule is CCOC(=O)C(C)(C)OCCCCCCCOc1ccc(-c2ccn[nH]2)nc1. The summed E-state index contributed by atoms with van der Waals surface area (Å²) in [6.07, 6.45) is 8.65. The Morgan fingerprint density at radius 3 is 2.46 bits per heavy atom. The summed E-state index contributed by atoms with van der Waals surface area (Å²) < 4.78 is 16.4.